The highest BCUT2D eigenvalue weighted by Crippen LogP contribution is 2.50. The summed E-state index contributed by atoms with van der Waals surface area (Å²) < 4.78 is 18.6. The number of ketones is 2. The van der Waals surface area contributed by atoms with E-state index in [0.29, 0.717) is 44.9 Å². The van der Waals surface area contributed by atoms with Crippen LogP contribution in [0.5, 0.6) is 11.5 Å². The van der Waals surface area contributed by atoms with E-state index in [2.05, 4.69) is 41.3 Å². The molecule has 2 amide bonds. The van der Waals surface area contributed by atoms with E-state index in [1.54, 1.807) is 63.8 Å². The minimum atomic E-state index is -1.95. The predicted molar refractivity (Wildman–Crippen MR) is 270 cm³/mol. The summed E-state index contributed by atoms with van der Waals surface area (Å²) in [7, 11) is 2.10. The lowest BCUT2D eigenvalue weighted by atomic mass is 9.78. The number of fused-ring (bicyclic) bond motifs is 13. The smallest absolute Gasteiger partial charge is 0.315 e. The molecule has 0 radical (unpaired) electrons. The molecule has 8 aliphatic rings. The average molecular weight is 997 g/mol. The Hall–Kier alpha value is -5.36. The minimum absolute atomic E-state index is 0.0246. The SMILES string of the molecule is C/C1=C/C=C/[C@H](C)[C@H](O)[C@@H](C)[C@@H](O)[C@@H](C)[C@H](OC(=O)CC(=O)N2CCC3(CCN(C)CC3)C2)[C@H](C)C/C=C/O[C@@]2(C)Oc3c(C)c(O)c4c(c3C2=O)C2=NC3(CCN(CC(C)C)CC3)NC2=C(NC1=O)C4=O. The van der Waals surface area contributed by atoms with Crippen molar-refractivity contribution in [3.63, 3.8) is 0 Å². The molecule has 8 atom stereocenters. The number of aliphatic hydroxyl groups is 2. The fourth-order valence-corrected chi connectivity index (χ4v) is 11.9. The van der Waals surface area contributed by atoms with Gasteiger partial charge in [0, 0.05) is 86.9 Å². The Bertz CT molecular complexity index is 2510. The summed E-state index contributed by atoms with van der Waals surface area (Å²) in [6.07, 6.45) is 8.57. The molecule has 17 heteroatoms. The summed E-state index contributed by atoms with van der Waals surface area (Å²) in [5, 5.41) is 41.7. The van der Waals surface area contributed by atoms with Gasteiger partial charge in [-0.15, -0.1) is 0 Å². The Morgan fingerprint density at radius 1 is 0.917 bits per heavy atom. The van der Waals surface area contributed by atoms with Crippen LogP contribution in [0.3, 0.4) is 0 Å². The molecule has 0 unspecified atom stereocenters. The van der Waals surface area contributed by atoms with Crippen LogP contribution in [0.4, 0.5) is 0 Å². The van der Waals surface area contributed by atoms with Crippen LogP contribution in [0.15, 0.2) is 52.5 Å². The van der Waals surface area contributed by atoms with Crippen LogP contribution in [0.1, 0.15) is 132 Å². The third kappa shape index (κ3) is 10.1. The zero-order valence-corrected chi connectivity index (χ0v) is 43.8. The molecule has 7 heterocycles. The maximum Gasteiger partial charge on any atom is 0.315 e. The first kappa shape index (κ1) is 52.9. The quantitative estimate of drug-likeness (QED) is 0.187. The maximum absolute atomic E-state index is 14.8. The fraction of sp³-hybridized carbons (Fsp3) is 0.636. The van der Waals surface area contributed by atoms with Gasteiger partial charge < -0.3 is 54.9 Å². The highest BCUT2D eigenvalue weighted by atomic mass is 16.7. The Morgan fingerprint density at radius 2 is 1.60 bits per heavy atom. The monoisotopic (exact) mass is 997 g/mol. The first-order chi connectivity index (χ1) is 34.0. The third-order valence-electron chi connectivity index (χ3n) is 16.7. The van der Waals surface area contributed by atoms with Gasteiger partial charge in [-0.1, -0.05) is 59.8 Å². The first-order valence-corrected chi connectivity index (χ1v) is 26.0. The summed E-state index contributed by atoms with van der Waals surface area (Å²) in [4.78, 5) is 82.7. The van der Waals surface area contributed by atoms with Crippen molar-refractivity contribution in [1.29, 1.82) is 0 Å². The highest BCUT2D eigenvalue weighted by Gasteiger charge is 2.54. The average Bonchev–Trinajstić information content (AvgIpc) is 4.01. The molecule has 0 aromatic heterocycles. The molecule has 5 N–H and O–H groups in total. The lowest BCUT2D eigenvalue weighted by Crippen LogP contribution is -2.50. The summed E-state index contributed by atoms with van der Waals surface area (Å²) >= 11 is 0. The number of rotatable bonds is 5. The first-order valence-electron chi connectivity index (χ1n) is 26.0. The number of aliphatic hydroxyl groups excluding tert-OH is 2. The van der Waals surface area contributed by atoms with Crippen molar-refractivity contribution in [2.24, 2.45) is 40.0 Å². The number of phenols is 1. The van der Waals surface area contributed by atoms with Gasteiger partial charge in [0.15, 0.2) is 0 Å². The molecular formula is C55H76N6O11. The van der Waals surface area contributed by atoms with Crippen LogP contribution in [-0.4, -0.2) is 148 Å². The van der Waals surface area contributed by atoms with Crippen LogP contribution >= 0.6 is 0 Å². The van der Waals surface area contributed by atoms with Crippen molar-refractivity contribution < 1.29 is 53.5 Å². The second kappa shape index (κ2) is 20.5. The molecule has 17 nitrogen and oxygen atoms in total. The number of aromatic hydroxyl groups is 1. The topological polar surface area (TPSA) is 220 Å². The van der Waals surface area contributed by atoms with Crippen molar-refractivity contribution in [3.05, 3.63) is 69.8 Å². The molecule has 2 spiro atoms. The van der Waals surface area contributed by atoms with E-state index >= 15 is 0 Å². The lowest BCUT2D eigenvalue weighted by molar-refractivity contribution is -0.162. The van der Waals surface area contributed by atoms with Crippen LogP contribution in [0, 0.1) is 41.9 Å². The van der Waals surface area contributed by atoms with E-state index in [-0.39, 0.29) is 68.4 Å². The summed E-state index contributed by atoms with van der Waals surface area (Å²) in [6.45, 7) is 21.5. The number of hydrogen-bond donors (Lipinski definition) is 5. The van der Waals surface area contributed by atoms with Crippen molar-refractivity contribution in [2.45, 2.75) is 137 Å². The number of allylic oxidation sites excluding steroid dienone is 5. The number of aliphatic imine (C=N–C) groups is 1. The third-order valence-corrected chi connectivity index (χ3v) is 16.7. The van der Waals surface area contributed by atoms with Gasteiger partial charge in [-0.2, -0.15) is 0 Å². The van der Waals surface area contributed by atoms with Crippen molar-refractivity contribution in [2.75, 3.05) is 52.9 Å². The zero-order chi connectivity index (χ0) is 52.2. The molecule has 0 saturated carbocycles. The van der Waals surface area contributed by atoms with Crippen LogP contribution in [-0.2, 0) is 23.9 Å². The Labute approximate surface area is 423 Å². The number of carbonyl (C=O) groups excluding carboxylic acids is 5. The summed E-state index contributed by atoms with van der Waals surface area (Å²) in [5.41, 5.74) is -0.120. The second-order valence-corrected chi connectivity index (χ2v) is 22.6. The van der Waals surface area contributed by atoms with Gasteiger partial charge in [-0.25, -0.2) is 0 Å². The molecule has 1 aliphatic carbocycles. The number of piperidine rings is 2. The zero-order valence-electron chi connectivity index (χ0n) is 43.8. The van der Waals surface area contributed by atoms with Gasteiger partial charge in [0.25, 0.3) is 11.7 Å². The van der Waals surface area contributed by atoms with E-state index < -0.39 is 89.0 Å². The van der Waals surface area contributed by atoms with Gasteiger partial charge in [0.2, 0.25) is 11.7 Å². The van der Waals surface area contributed by atoms with E-state index in [4.69, 9.17) is 19.2 Å². The molecule has 1 aromatic rings. The standard InChI is InChI=1S/C55H76N6O11/c1-30(2)28-60-23-19-55(20-24-60)57-42-39-40-47(66)36(8)50-41(39)51(68)53(9,72-50)70-26-12-15-32(4)49(71-38(63)27-37(62)61-25-18-54(29-61)16-21-59(10)22-17-54)35(7)46(65)34(6)45(64)31(3)13-11-14-33(5)52(69)56-44(48(40)67)43(42)58-55/h11-14,26,30-32,34-35,45-46,49,58,64-66H,15-25,27-29H2,1-10H3,(H,56,69)/b13-11+,26-12+,33-14-/t31-,32+,34+,35+,45-,46+,49+,53-/m0/s1. The number of phenolic OH excluding ortho intramolecular Hbond substituents is 1. The molecule has 72 heavy (non-hydrogen) atoms. The molecule has 7 aliphatic heterocycles. The number of benzene rings is 1. The van der Waals surface area contributed by atoms with Crippen LogP contribution < -0.4 is 15.4 Å². The summed E-state index contributed by atoms with van der Waals surface area (Å²) in [5.74, 6) is -7.21. The van der Waals surface area contributed by atoms with E-state index in [1.165, 1.54) is 13.2 Å². The number of nitrogens with zero attached hydrogens (tertiary/aromatic N) is 4. The van der Waals surface area contributed by atoms with Gasteiger partial charge in [-0.3, -0.25) is 29.0 Å². The lowest BCUT2D eigenvalue weighted by Gasteiger charge is -2.38. The van der Waals surface area contributed by atoms with E-state index in [9.17, 15) is 39.3 Å². The molecule has 392 valence electrons. The second-order valence-electron chi connectivity index (χ2n) is 22.6. The molecule has 9 rings (SSSR count). The van der Waals surface area contributed by atoms with Crippen LogP contribution in [0.25, 0.3) is 0 Å². The number of Topliss-reactive ketones (excluding diaryl/α,β-unsaturated/α-hetero) is 2. The van der Waals surface area contributed by atoms with E-state index in [0.717, 1.165) is 38.9 Å². The molecule has 3 fully saturated rings. The number of likely N-dealkylation sites (tertiary alicyclic amines) is 3. The summed E-state index contributed by atoms with van der Waals surface area (Å²) in [6, 6.07) is 0. The Kier molecular flexibility index (Phi) is 15.1. The number of amides is 2. The van der Waals surface area contributed by atoms with Gasteiger partial charge in [0.1, 0.15) is 35.4 Å². The van der Waals surface area contributed by atoms with Gasteiger partial charge in [0.05, 0.1) is 41.0 Å². The number of carbonyl (C=O) groups is 5. The fourth-order valence-electron chi connectivity index (χ4n) is 11.9. The van der Waals surface area contributed by atoms with Crippen molar-refractivity contribution in [3.8, 4) is 11.5 Å². The van der Waals surface area contributed by atoms with Gasteiger partial charge >= 0.3 is 11.8 Å². The highest BCUT2D eigenvalue weighted by molar-refractivity contribution is 6.34. The number of hydrogen-bond acceptors (Lipinski definition) is 15. The van der Waals surface area contributed by atoms with Gasteiger partial charge in [-0.05, 0) is 83.0 Å². The largest absolute Gasteiger partial charge is 0.507 e. The molecular weight excluding hydrogens is 921 g/mol. The van der Waals surface area contributed by atoms with Crippen molar-refractivity contribution >= 4 is 35.1 Å². The minimum Gasteiger partial charge on any atom is -0.507 e. The predicted octanol–water partition coefficient (Wildman–Crippen LogP) is 5.31. The van der Waals surface area contributed by atoms with E-state index in [1.807, 2.05) is 6.92 Å². The Balaban J connectivity index is 1.11. The van der Waals surface area contributed by atoms with Crippen molar-refractivity contribution in [1.82, 2.24) is 25.3 Å². The molecule has 5 bridgehead atoms. The molecule has 1 aromatic carbocycles. The molecule has 3 saturated heterocycles. The number of nitrogens with one attached hydrogen (secondary N) is 2. The Morgan fingerprint density at radius 3 is 2.28 bits per heavy atom. The van der Waals surface area contributed by atoms with Crippen LogP contribution in [0.2, 0.25) is 0 Å². The number of ether oxygens (including phenoxy) is 3. The normalized spacial score (nSPS) is 32.7. The number of esters is 1. The maximum atomic E-state index is 14.8.